The third-order valence-corrected chi connectivity index (χ3v) is 4.13. The molecule has 2 rings (SSSR count). The normalized spacial score (nSPS) is 18.2. The second-order valence-corrected chi connectivity index (χ2v) is 6.33. The second-order valence-electron chi connectivity index (χ2n) is 4.31. The second kappa shape index (κ2) is 4.14. The Morgan fingerprint density at radius 2 is 2.22 bits per heavy atom. The Balaban J connectivity index is 2.52. The molecule has 1 amide bonds. The van der Waals surface area contributed by atoms with Crippen molar-refractivity contribution in [2.75, 3.05) is 6.26 Å². The molecular weight excluding hydrogens is 251 g/mol. The first kappa shape index (κ1) is 12.6. The van der Waals surface area contributed by atoms with E-state index in [4.69, 9.17) is 5.26 Å². The van der Waals surface area contributed by atoms with E-state index >= 15 is 0 Å². The minimum atomic E-state index is -3.27. The summed E-state index contributed by atoms with van der Waals surface area (Å²) in [7, 11) is -1.88. The van der Waals surface area contributed by atoms with Gasteiger partial charge in [0.1, 0.15) is 6.04 Å². The van der Waals surface area contributed by atoms with Gasteiger partial charge >= 0.3 is 0 Å². The molecule has 1 aromatic carbocycles. The number of hydrogen-bond donors (Lipinski definition) is 0. The lowest BCUT2D eigenvalue weighted by atomic mass is 10.0. The highest BCUT2D eigenvalue weighted by Gasteiger charge is 2.32. The molecule has 5 nitrogen and oxygen atoms in total. The molecule has 1 aliphatic heterocycles. The summed E-state index contributed by atoms with van der Waals surface area (Å²) in [6.07, 6.45) is 1.13. The summed E-state index contributed by atoms with van der Waals surface area (Å²) in [5.74, 6) is -0.196. The maximum Gasteiger partial charge on any atom is 0.216 e. The fraction of sp³-hybridized carbons (Fsp3) is 0.273. The fourth-order valence-corrected chi connectivity index (χ4v) is 2.76. The predicted molar refractivity (Wildman–Crippen MR) is 67.4 cm³/mol. The van der Waals surface area contributed by atoms with Crippen molar-refractivity contribution in [1.82, 2.24) is 4.90 Å². The average molecular weight is 262 g/mol. The van der Waals surface area contributed by atoms with Crippen molar-refractivity contribution in [2.45, 2.75) is 17.5 Å². The molecule has 0 radical (unpaired) electrons. The van der Waals surface area contributed by atoms with Gasteiger partial charge in [0.2, 0.25) is 7.85 Å². The quantitative estimate of drug-likeness (QED) is 0.678. The molecule has 1 atom stereocenters. The van der Waals surface area contributed by atoms with Gasteiger partial charge in [-0.2, -0.15) is 5.26 Å². The first-order valence-corrected chi connectivity index (χ1v) is 7.23. The van der Waals surface area contributed by atoms with E-state index in [9.17, 15) is 13.2 Å². The molecule has 0 spiro atoms. The summed E-state index contributed by atoms with van der Waals surface area (Å²) in [4.78, 5) is 13.1. The Kier molecular flexibility index (Phi) is 2.91. The topological polar surface area (TPSA) is 78.2 Å². The Hall–Kier alpha value is -1.81. The number of fused-ring (bicyclic) bond motifs is 1. The van der Waals surface area contributed by atoms with Crippen molar-refractivity contribution < 1.29 is 13.2 Å². The molecule has 1 aromatic rings. The zero-order valence-corrected chi connectivity index (χ0v) is 10.9. The summed E-state index contributed by atoms with van der Waals surface area (Å²) in [5.41, 5.74) is 1.43. The van der Waals surface area contributed by atoms with Crippen molar-refractivity contribution in [2.24, 2.45) is 0 Å². The van der Waals surface area contributed by atoms with Crippen LogP contribution in [0.15, 0.2) is 23.1 Å². The van der Waals surface area contributed by atoms with Crippen LogP contribution in [0.25, 0.3) is 0 Å². The van der Waals surface area contributed by atoms with Gasteiger partial charge < -0.3 is 4.90 Å². The highest BCUT2D eigenvalue weighted by Crippen LogP contribution is 2.34. The van der Waals surface area contributed by atoms with Crippen LogP contribution in [0.3, 0.4) is 0 Å². The first-order chi connectivity index (χ1) is 8.34. The number of amides is 1. The van der Waals surface area contributed by atoms with Crippen LogP contribution < -0.4 is 0 Å². The SMILES string of the molecule is BC(=O)N1Cc2cc(S(C)(=O)=O)ccc2C1C#N. The third-order valence-electron chi connectivity index (χ3n) is 3.02. The number of carbonyl (C=O) groups is 1. The van der Waals surface area contributed by atoms with Crippen LogP contribution in [0, 0.1) is 11.3 Å². The molecule has 92 valence electrons. The maximum absolute atomic E-state index is 11.5. The molecule has 7 heteroatoms. The standard InChI is InChI=1S/C11H11BN2O3S/c1-18(16,17)8-2-3-9-7(4-8)6-14(11(12)15)10(9)5-13/h2-4,10H,6,12H2,1H3. The van der Waals surface area contributed by atoms with Crippen LogP contribution >= 0.6 is 0 Å². The maximum atomic E-state index is 11.5. The number of rotatable bonds is 1. The number of sulfone groups is 1. The summed E-state index contributed by atoms with van der Waals surface area (Å²) in [5, 5.41) is 9.10. The molecule has 1 aliphatic rings. The van der Waals surface area contributed by atoms with E-state index in [1.54, 1.807) is 6.07 Å². The monoisotopic (exact) mass is 262 g/mol. The Bertz CT molecular complexity index is 663. The van der Waals surface area contributed by atoms with Crippen molar-refractivity contribution in [1.29, 1.82) is 5.26 Å². The number of benzene rings is 1. The summed E-state index contributed by atoms with van der Waals surface area (Å²) >= 11 is 0. The lowest BCUT2D eigenvalue weighted by molar-refractivity contribution is 0.216. The zero-order valence-electron chi connectivity index (χ0n) is 10.0. The molecule has 0 saturated heterocycles. The van der Waals surface area contributed by atoms with Crippen molar-refractivity contribution in [3.63, 3.8) is 0 Å². The lowest BCUT2D eigenvalue weighted by Crippen LogP contribution is -2.27. The number of carbonyl (C=O) groups excluding carboxylic acids is 1. The molecule has 0 fully saturated rings. The molecule has 0 saturated carbocycles. The smallest absolute Gasteiger partial charge is 0.216 e. The van der Waals surface area contributed by atoms with Crippen LogP contribution in [0.4, 0.5) is 4.79 Å². The molecule has 0 bridgehead atoms. The van der Waals surface area contributed by atoms with Crippen LogP contribution in [-0.2, 0) is 16.4 Å². The summed E-state index contributed by atoms with van der Waals surface area (Å²) in [6.45, 7) is 0.284. The van der Waals surface area contributed by atoms with Gasteiger partial charge in [-0.1, -0.05) is 6.07 Å². The lowest BCUT2D eigenvalue weighted by Gasteiger charge is -2.17. The van der Waals surface area contributed by atoms with Gasteiger partial charge in [0, 0.05) is 12.8 Å². The van der Waals surface area contributed by atoms with Gasteiger partial charge in [0.05, 0.1) is 11.0 Å². The van der Waals surface area contributed by atoms with Gasteiger partial charge in [-0.25, -0.2) is 8.42 Å². The Labute approximate surface area is 106 Å². The Morgan fingerprint density at radius 1 is 1.56 bits per heavy atom. The van der Waals surface area contributed by atoms with E-state index in [-0.39, 0.29) is 17.2 Å². The number of nitriles is 1. The largest absolute Gasteiger partial charge is 0.328 e. The highest BCUT2D eigenvalue weighted by atomic mass is 32.2. The predicted octanol–water partition coefficient (Wildman–Crippen LogP) is 0.223. The summed E-state index contributed by atoms with van der Waals surface area (Å²) < 4.78 is 22.9. The summed E-state index contributed by atoms with van der Waals surface area (Å²) in [6, 6.07) is 6.07. The van der Waals surface area contributed by atoms with Gasteiger partial charge in [-0.15, -0.1) is 0 Å². The van der Waals surface area contributed by atoms with Crippen molar-refractivity contribution in [3.8, 4) is 6.07 Å². The average Bonchev–Trinajstić information content (AvgIpc) is 2.65. The van der Waals surface area contributed by atoms with E-state index in [2.05, 4.69) is 6.07 Å². The van der Waals surface area contributed by atoms with Crippen LogP contribution in [0.5, 0.6) is 0 Å². The highest BCUT2D eigenvalue weighted by molar-refractivity contribution is 7.90. The van der Waals surface area contributed by atoms with E-state index in [1.165, 1.54) is 24.9 Å². The fourth-order valence-electron chi connectivity index (χ4n) is 2.09. The van der Waals surface area contributed by atoms with Crippen molar-refractivity contribution in [3.05, 3.63) is 29.3 Å². The zero-order chi connectivity index (χ0) is 13.5. The minimum absolute atomic E-state index is 0.196. The molecular formula is C11H11BN2O3S. The van der Waals surface area contributed by atoms with E-state index in [0.29, 0.717) is 5.56 Å². The molecule has 1 unspecified atom stereocenters. The van der Waals surface area contributed by atoms with E-state index in [1.807, 2.05) is 0 Å². The number of nitrogens with zero attached hydrogens (tertiary/aromatic N) is 2. The molecule has 0 N–H and O–H groups in total. The molecule has 18 heavy (non-hydrogen) atoms. The van der Waals surface area contributed by atoms with Gasteiger partial charge in [0.25, 0.3) is 0 Å². The van der Waals surface area contributed by atoms with Crippen LogP contribution in [0.2, 0.25) is 0 Å². The molecule has 0 aliphatic carbocycles. The van der Waals surface area contributed by atoms with Crippen LogP contribution in [0.1, 0.15) is 17.2 Å². The van der Waals surface area contributed by atoms with E-state index < -0.39 is 15.9 Å². The Morgan fingerprint density at radius 3 is 2.72 bits per heavy atom. The third kappa shape index (κ3) is 2.00. The van der Waals surface area contributed by atoms with Gasteiger partial charge in [-0.3, -0.25) is 4.79 Å². The molecule has 0 aromatic heterocycles. The minimum Gasteiger partial charge on any atom is -0.328 e. The van der Waals surface area contributed by atoms with E-state index in [0.717, 1.165) is 11.8 Å². The van der Waals surface area contributed by atoms with Crippen molar-refractivity contribution >= 4 is 23.5 Å². The molecule has 1 heterocycles. The van der Waals surface area contributed by atoms with Crippen LogP contribution in [-0.4, -0.2) is 33.2 Å². The van der Waals surface area contributed by atoms with Gasteiger partial charge in [-0.05, 0) is 23.3 Å². The first-order valence-electron chi connectivity index (χ1n) is 5.34. The van der Waals surface area contributed by atoms with Gasteiger partial charge in [0.15, 0.2) is 15.6 Å². The number of hydrogen-bond acceptors (Lipinski definition) is 4.